The molecule has 1 aliphatic heterocycles. The van der Waals surface area contributed by atoms with Gasteiger partial charge in [0, 0.05) is 19.8 Å². The molecule has 1 saturated heterocycles. The SMILES string of the molecule is OC(CNCCC1CCOC1)COc1cnsn1. The minimum atomic E-state index is -0.522. The van der Waals surface area contributed by atoms with Crippen molar-refractivity contribution in [2.45, 2.75) is 18.9 Å². The number of aliphatic hydroxyl groups excluding tert-OH is 1. The van der Waals surface area contributed by atoms with E-state index in [9.17, 15) is 5.11 Å². The molecule has 0 radical (unpaired) electrons. The zero-order valence-corrected chi connectivity index (χ0v) is 11.1. The topological polar surface area (TPSA) is 76.5 Å². The summed E-state index contributed by atoms with van der Waals surface area (Å²) >= 11 is 1.09. The number of aliphatic hydroxyl groups is 1. The first kappa shape index (κ1) is 13.7. The second-order valence-electron chi connectivity index (χ2n) is 4.43. The Bertz CT molecular complexity index is 317. The maximum Gasteiger partial charge on any atom is 0.245 e. The van der Waals surface area contributed by atoms with Gasteiger partial charge in [0.15, 0.2) is 0 Å². The minimum absolute atomic E-state index is 0.241. The highest BCUT2D eigenvalue weighted by Crippen LogP contribution is 2.15. The summed E-state index contributed by atoms with van der Waals surface area (Å²) in [6.07, 6.45) is 3.28. The Balaban J connectivity index is 1.48. The maximum atomic E-state index is 9.68. The van der Waals surface area contributed by atoms with Gasteiger partial charge in [-0.25, -0.2) is 0 Å². The van der Waals surface area contributed by atoms with E-state index in [0.29, 0.717) is 18.3 Å². The second-order valence-corrected chi connectivity index (χ2v) is 4.99. The Morgan fingerprint density at radius 3 is 3.33 bits per heavy atom. The number of hydrogen-bond acceptors (Lipinski definition) is 7. The molecule has 1 fully saturated rings. The lowest BCUT2D eigenvalue weighted by atomic mass is 10.1. The van der Waals surface area contributed by atoms with E-state index in [2.05, 4.69) is 14.1 Å². The Hall–Kier alpha value is -0.760. The molecule has 102 valence electrons. The van der Waals surface area contributed by atoms with Crippen LogP contribution < -0.4 is 10.1 Å². The molecule has 0 aromatic carbocycles. The van der Waals surface area contributed by atoms with Crippen molar-refractivity contribution in [2.75, 3.05) is 32.9 Å². The molecule has 1 aliphatic rings. The van der Waals surface area contributed by atoms with Crippen LogP contribution in [-0.2, 0) is 4.74 Å². The molecule has 6 nitrogen and oxygen atoms in total. The molecular weight excluding hydrogens is 254 g/mol. The molecule has 1 aromatic rings. The average Bonchev–Trinajstić information content (AvgIpc) is 3.04. The summed E-state index contributed by atoms with van der Waals surface area (Å²) in [7, 11) is 0. The third-order valence-corrected chi connectivity index (χ3v) is 3.36. The van der Waals surface area contributed by atoms with Crippen LogP contribution in [0.1, 0.15) is 12.8 Å². The average molecular weight is 273 g/mol. The standard InChI is InChI=1S/C11H19N3O3S/c15-10(8-17-11-6-13-18-14-11)5-12-3-1-9-2-4-16-7-9/h6,9-10,12,15H,1-5,7-8H2. The lowest BCUT2D eigenvalue weighted by Gasteiger charge is -2.13. The Morgan fingerprint density at radius 1 is 1.67 bits per heavy atom. The van der Waals surface area contributed by atoms with E-state index in [1.807, 2.05) is 0 Å². The molecule has 0 bridgehead atoms. The first-order valence-corrected chi connectivity index (χ1v) is 6.94. The van der Waals surface area contributed by atoms with Gasteiger partial charge in [0.25, 0.3) is 0 Å². The molecule has 18 heavy (non-hydrogen) atoms. The van der Waals surface area contributed by atoms with Crippen LogP contribution in [0.15, 0.2) is 6.20 Å². The first-order valence-electron chi connectivity index (χ1n) is 6.21. The number of rotatable bonds is 8. The van der Waals surface area contributed by atoms with Crippen molar-refractivity contribution >= 4 is 11.7 Å². The Labute approximate surface area is 111 Å². The van der Waals surface area contributed by atoms with Crippen LogP contribution in [0.25, 0.3) is 0 Å². The number of hydrogen-bond donors (Lipinski definition) is 2. The van der Waals surface area contributed by atoms with Crippen molar-refractivity contribution in [3.05, 3.63) is 6.20 Å². The summed E-state index contributed by atoms with van der Waals surface area (Å²) in [4.78, 5) is 0. The number of nitrogens with one attached hydrogen (secondary N) is 1. The Kier molecular flexibility index (Phi) is 5.79. The van der Waals surface area contributed by atoms with Crippen LogP contribution in [0, 0.1) is 5.92 Å². The molecule has 2 atom stereocenters. The molecule has 0 spiro atoms. The maximum absolute atomic E-state index is 9.68. The zero-order chi connectivity index (χ0) is 12.6. The molecule has 2 rings (SSSR count). The van der Waals surface area contributed by atoms with E-state index in [-0.39, 0.29) is 6.61 Å². The lowest BCUT2D eigenvalue weighted by molar-refractivity contribution is 0.104. The van der Waals surface area contributed by atoms with Crippen molar-refractivity contribution < 1.29 is 14.6 Å². The highest BCUT2D eigenvalue weighted by Gasteiger charge is 2.15. The molecule has 2 heterocycles. The molecule has 1 aromatic heterocycles. The molecular formula is C11H19N3O3S. The Morgan fingerprint density at radius 2 is 2.61 bits per heavy atom. The smallest absolute Gasteiger partial charge is 0.245 e. The summed E-state index contributed by atoms with van der Waals surface area (Å²) in [6, 6.07) is 0. The van der Waals surface area contributed by atoms with E-state index in [1.165, 1.54) is 0 Å². The van der Waals surface area contributed by atoms with E-state index in [1.54, 1.807) is 6.20 Å². The van der Waals surface area contributed by atoms with E-state index in [0.717, 1.165) is 44.3 Å². The third-order valence-electron chi connectivity index (χ3n) is 2.90. The van der Waals surface area contributed by atoms with Gasteiger partial charge in [-0.15, -0.1) is 4.37 Å². The molecule has 0 aliphatic carbocycles. The van der Waals surface area contributed by atoms with Gasteiger partial charge in [-0.2, -0.15) is 4.37 Å². The predicted molar refractivity (Wildman–Crippen MR) is 67.8 cm³/mol. The fourth-order valence-corrected chi connectivity index (χ4v) is 2.21. The first-order chi connectivity index (χ1) is 8.84. The van der Waals surface area contributed by atoms with Crippen molar-refractivity contribution in [3.63, 3.8) is 0 Å². The van der Waals surface area contributed by atoms with Crippen LogP contribution in [0.2, 0.25) is 0 Å². The van der Waals surface area contributed by atoms with Gasteiger partial charge in [-0.05, 0) is 25.3 Å². The van der Waals surface area contributed by atoms with Gasteiger partial charge in [0.1, 0.15) is 18.9 Å². The summed E-state index contributed by atoms with van der Waals surface area (Å²) in [5, 5.41) is 12.9. The third kappa shape index (κ3) is 4.85. The number of ether oxygens (including phenoxy) is 2. The van der Waals surface area contributed by atoms with Crippen molar-refractivity contribution in [2.24, 2.45) is 5.92 Å². The van der Waals surface area contributed by atoms with Crippen LogP contribution in [-0.4, -0.2) is 52.9 Å². The van der Waals surface area contributed by atoms with Crippen LogP contribution in [0.5, 0.6) is 5.88 Å². The van der Waals surface area contributed by atoms with Crippen molar-refractivity contribution in [3.8, 4) is 5.88 Å². The molecule has 0 saturated carbocycles. The monoisotopic (exact) mass is 273 g/mol. The molecule has 7 heteroatoms. The van der Waals surface area contributed by atoms with Crippen molar-refractivity contribution in [1.82, 2.24) is 14.1 Å². The summed E-state index contributed by atoms with van der Waals surface area (Å²) in [6.45, 7) is 3.45. The van der Waals surface area contributed by atoms with E-state index >= 15 is 0 Å². The predicted octanol–water partition coefficient (Wildman–Crippen LogP) is 0.294. The van der Waals surface area contributed by atoms with Gasteiger partial charge in [-0.1, -0.05) is 0 Å². The molecule has 0 amide bonds. The summed E-state index contributed by atoms with van der Waals surface area (Å²) in [5.41, 5.74) is 0. The van der Waals surface area contributed by atoms with Gasteiger partial charge in [-0.3, -0.25) is 0 Å². The van der Waals surface area contributed by atoms with Gasteiger partial charge in [0.2, 0.25) is 5.88 Å². The molecule has 2 unspecified atom stereocenters. The van der Waals surface area contributed by atoms with Gasteiger partial charge >= 0.3 is 0 Å². The van der Waals surface area contributed by atoms with E-state index in [4.69, 9.17) is 9.47 Å². The van der Waals surface area contributed by atoms with E-state index < -0.39 is 6.10 Å². The van der Waals surface area contributed by atoms with Gasteiger partial charge < -0.3 is 19.9 Å². The second kappa shape index (κ2) is 7.63. The highest BCUT2D eigenvalue weighted by molar-refractivity contribution is 6.99. The van der Waals surface area contributed by atoms with Crippen molar-refractivity contribution in [1.29, 1.82) is 0 Å². The van der Waals surface area contributed by atoms with Crippen LogP contribution in [0.3, 0.4) is 0 Å². The van der Waals surface area contributed by atoms with Gasteiger partial charge in [0.05, 0.1) is 11.7 Å². The quantitative estimate of drug-likeness (QED) is 0.663. The fourth-order valence-electron chi connectivity index (χ4n) is 1.85. The number of nitrogens with zero attached hydrogens (tertiary/aromatic N) is 2. The van der Waals surface area contributed by atoms with Crippen LogP contribution >= 0.6 is 11.7 Å². The lowest BCUT2D eigenvalue weighted by Crippen LogP contribution is -2.32. The normalized spacial score (nSPS) is 21.1. The molecule has 2 N–H and O–H groups in total. The summed E-state index contributed by atoms with van der Waals surface area (Å²) in [5.74, 6) is 1.15. The fraction of sp³-hybridized carbons (Fsp3) is 0.818. The largest absolute Gasteiger partial charge is 0.473 e. The number of aromatic nitrogens is 2. The highest BCUT2D eigenvalue weighted by atomic mass is 32.1. The minimum Gasteiger partial charge on any atom is -0.473 e. The summed E-state index contributed by atoms with van der Waals surface area (Å²) < 4.78 is 18.3. The van der Waals surface area contributed by atoms with Crippen LogP contribution in [0.4, 0.5) is 0 Å². The zero-order valence-electron chi connectivity index (χ0n) is 10.2.